The van der Waals surface area contributed by atoms with Crippen LogP contribution in [0.1, 0.15) is 18.4 Å². The van der Waals surface area contributed by atoms with E-state index in [1.165, 1.54) is 12.4 Å². The lowest BCUT2D eigenvalue weighted by Gasteiger charge is -2.30. The summed E-state index contributed by atoms with van der Waals surface area (Å²) in [7, 11) is 0. The predicted molar refractivity (Wildman–Crippen MR) is 109 cm³/mol. The lowest BCUT2D eigenvalue weighted by Crippen LogP contribution is -2.40. The van der Waals surface area contributed by atoms with Crippen molar-refractivity contribution in [2.75, 3.05) is 18.0 Å². The molecule has 1 aromatic carbocycles. The summed E-state index contributed by atoms with van der Waals surface area (Å²) < 4.78 is 39.0. The zero-order valence-electron chi connectivity index (χ0n) is 16.5. The molecule has 160 valence electrons. The normalized spacial score (nSPS) is 15.1. The average Bonchev–Trinajstić information content (AvgIpc) is 3.20. The molecule has 0 atom stereocenters. The van der Waals surface area contributed by atoms with Crippen LogP contribution in [0, 0.1) is 11.3 Å². The van der Waals surface area contributed by atoms with E-state index in [1.54, 1.807) is 30.5 Å². The molecule has 10 heteroatoms. The molecule has 1 fully saturated rings. The molecule has 7 nitrogen and oxygen atoms in total. The van der Waals surface area contributed by atoms with Crippen molar-refractivity contribution < 1.29 is 13.2 Å². The maximum atomic E-state index is 12.7. The first-order valence-corrected chi connectivity index (χ1v) is 9.80. The highest BCUT2D eigenvalue weighted by Gasteiger charge is 2.28. The number of piperidine rings is 1. The fourth-order valence-electron chi connectivity index (χ4n) is 3.53. The Bertz CT molecular complexity index is 1090. The Morgan fingerprint density at radius 3 is 2.45 bits per heavy atom. The van der Waals surface area contributed by atoms with Gasteiger partial charge in [0.05, 0.1) is 23.5 Å². The first-order chi connectivity index (χ1) is 14.8. The highest BCUT2D eigenvalue weighted by molar-refractivity contribution is 5.80. The molecule has 1 saturated heterocycles. The number of hydrogen-bond acceptors (Lipinski definition) is 6. The van der Waals surface area contributed by atoms with E-state index in [4.69, 9.17) is 16.0 Å². The molecular weight excluding hydrogens is 407 g/mol. The minimum absolute atomic E-state index is 0.160. The SMILES string of the molecule is N#Cc1ccc(-c2nc(N3CCC(N)CC3)ncc2-c2cnn(CC(F)(F)F)c2)cc1. The van der Waals surface area contributed by atoms with Crippen LogP contribution in [-0.4, -0.2) is 45.1 Å². The second-order valence-electron chi connectivity index (χ2n) is 7.49. The Balaban J connectivity index is 1.74. The molecule has 3 heterocycles. The van der Waals surface area contributed by atoms with E-state index in [1.807, 2.05) is 4.90 Å². The first-order valence-electron chi connectivity index (χ1n) is 9.80. The molecule has 0 radical (unpaired) electrons. The molecule has 3 aromatic rings. The molecule has 2 aromatic heterocycles. The van der Waals surface area contributed by atoms with E-state index in [0.717, 1.165) is 36.2 Å². The van der Waals surface area contributed by atoms with Crippen LogP contribution >= 0.6 is 0 Å². The van der Waals surface area contributed by atoms with E-state index in [-0.39, 0.29) is 6.04 Å². The number of nitriles is 1. The van der Waals surface area contributed by atoms with Gasteiger partial charge in [-0.3, -0.25) is 4.68 Å². The van der Waals surface area contributed by atoms with E-state index in [2.05, 4.69) is 16.2 Å². The van der Waals surface area contributed by atoms with Crippen LogP contribution < -0.4 is 10.6 Å². The van der Waals surface area contributed by atoms with Gasteiger partial charge >= 0.3 is 6.18 Å². The van der Waals surface area contributed by atoms with Crippen molar-refractivity contribution in [2.24, 2.45) is 5.73 Å². The fourth-order valence-corrected chi connectivity index (χ4v) is 3.53. The Labute approximate surface area is 176 Å². The van der Waals surface area contributed by atoms with Gasteiger partial charge in [0.15, 0.2) is 0 Å². The summed E-state index contributed by atoms with van der Waals surface area (Å²) in [6.45, 7) is 0.292. The zero-order chi connectivity index (χ0) is 22.0. The molecule has 2 N–H and O–H groups in total. The molecule has 0 unspecified atom stereocenters. The number of alkyl halides is 3. The number of hydrogen-bond donors (Lipinski definition) is 1. The second kappa shape index (κ2) is 8.35. The minimum Gasteiger partial charge on any atom is -0.341 e. The van der Waals surface area contributed by atoms with Gasteiger partial charge in [-0.15, -0.1) is 0 Å². The van der Waals surface area contributed by atoms with Crippen LogP contribution in [0.4, 0.5) is 19.1 Å². The van der Waals surface area contributed by atoms with Crippen LogP contribution in [0.25, 0.3) is 22.4 Å². The summed E-state index contributed by atoms with van der Waals surface area (Å²) in [6, 6.07) is 9.11. The van der Waals surface area contributed by atoms with Crippen LogP contribution in [0.3, 0.4) is 0 Å². The summed E-state index contributed by atoms with van der Waals surface area (Å²) >= 11 is 0. The predicted octanol–water partition coefficient (Wildman–Crippen LogP) is 3.37. The minimum atomic E-state index is -4.37. The quantitative estimate of drug-likeness (QED) is 0.686. The van der Waals surface area contributed by atoms with Crippen molar-refractivity contribution in [3.8, 4) is 28.5 Å². The van der Waals surface area contributed by atoms with E-state index in [9.17, 15) is 13.2 Å². The van der Waals surface area contributed by atoms with Crippen molar-refractivity contribution in [3.63, 3.8) is 0 Å². The van der Waals surface area contributed by atoms with E-state index < -0.39 is 12.7 Å². The third kappa shape index (κ3) is 4.83. The van der Waals surface area contributed by atoms with Crippen molar-refractivity contribution in [2.45, 2.75) is 31.6 Å². The summed E-state index contributed by atoms with van der Waals surface area (Å²) in [4.78, 5) is 11.3. The number of halogens is 3. The summed E-state index contributed by atoms with van der Waals surface area (Å²) in [5.74, 6) is 0.540. The number of nitrogens with two attached hydrogens (primary N) is 1. The number of aromatic nitrogens is 4. The van der Waals surface area contributed by atoms with Crippen LogP contribution in [0.2, 0.25) is 0 Å². The Morgan fingerprint density at radius 2 is 1.81 bits per heavy atom. The zero-order valence-corrected chi connectivity index (χ0v) is 16.5. The molecule has 1 aliphatic heterocycles. The van der Waals surface area contributed by atoms with Gasteiger partial charge in [0, 0.05) is 48.2 Å². The Hall–Kier alpha value is -3.45. The molecule has 1 aliphatic rings. The molecule has 31 heavy (non-hydrogen) atoms. The van der Waals surface area contributed by atoms with Gasteiger partial charge in [-0.25, -0.2) is 9.97 Å². The molecule has 4 rings (SSSR count). The smallest absolute Gasteiger partial charge is 0.341 e. The van der Waals surface area contributed by atoms with Crippen LogP contribution in [0.5, 0.6) is 0 Å². The van der Waals surface area contributed by atoms with Gasteiger partial charge in [0.2, 0.25) is 5.95 Å². The van der Waals surface area contributed by atoms with Crippen molar-refractivity contribution in [3.05, 3.63) is 48.4 Å². The number of benzene rings is 1. The number of rotatable bonds is 4. The standard InChI is InChI=1S/C21H20F3N7/c22-21(23,24)13-31-12-16(10-28-31)18-11-27-20(30-7-5-17(26)6-8-30)29-19(18)15-3-1-14(9-25)2-4-15/h1-4,10-12,17H,5-8,13,26H2. The fraction of sp³-hybridized carbons (Fsp3) is 0.333. The van der Waals surface area contributed by atoms with Crippen molar-refractivity contribution in [1.29, 1.82) is 5.26 Å². The van der Waals surface area contributed by atoms with Gasteiger partial charge in [0.1, 0.15) is 6.54 Å². The highest BCUT2D eigenvalue weighted by atomic mass is 19.4. The second-order valence-corrected chi connectivity index (χ2v) is 7.49. The van der Waals surface area contributed by atoms with Gasteiger partial charge in [0.25, 0.3) is 0 Å². The molecule has 0 spiro atoms. The number of anilines is 1. The summed E-state index contributed by atoms with van der Waals surface area (Å²) in [6.07, 6.45) is 1.62. The van der Waals surface area contributed by atoms with Gasteiger partial charge in [-0.05, 0) is 25.0 Å². The first kappa shape index (κ1) is 20.8. The molecule has 0 saturated carbocycles. The van der Waals surface area contributed by atoms with Gasteiger partial charge in [-0.1, -0.05) is 12.1 Å². The molecular formula is C21H20F3N7. The van der Waals surface area contributed by atoms with E-state index >= 15 is 0 Å². The third-order valence-electron chi connectivity index (χ3n) is 5.17. The maximum Gasteiger partial charge on any atom is 0.408 e. The van der Waals surface area contributed by atoms with Crippen LogP contribution in [0.15, 0.2) is 42.9 Å². The largest absolute Gasteiger partial charge is 0.408 e. The Kier molecular flexibility index (Phi) is 5.61. The van der Waals surface area contributed by atoms with Gasteiger partial charge in [-0.2, -0.15) is 23.5 Å². The molecule has 0 amide bonds. The molecule has 0 bridgehead atoms. The lowest BCUT2D eigenvalue weighted by molar-refractivity contribution is -0.142. The number of nitrogens with zero attached hydrogens (tertiary/aromatic N) is 6. The summed E-state index contributed by atoms with van der Waals surface area (Å²) in [5.41, 5.74) is 8.83. The topological polar surface area (TPSA) is 96.7 Å². The van der Waals surface area contributed by atoms with Crippen LogP contribution in [-0.2, 0) is 6.54 Å². The monoisotopic (exact) mass is 427 g/mol. The summed E-state index contributed by atoms with van der Waals surface area (Å²) in [5, 5.41) is 12.9. The Morgan fingerprint density at radius 1 is 1.10 bits per heavy atom. The lowest BCUT2D eigenvalue weighted by atomic mass is 10.0. The third-order valence-corrected chi connectivity index (χ3v) is 5.17. The highest BCUT2D eigenvalue weighted by Crippen LogP contribution is 2.32. The molecule has 0 aliphatic carbocycles. The maximum absolute atomic E-state index is 12.7. The van der Waals surface area contributed by atoms with Crippen molar-refractivity contribution in [1.82, 2.24) is 19.7 Å². The van der Waals surface area contributed by atoms with E-state index in [0.29, 0.717) is 28.3 Å². The van der Waals surface area contributed by atoms with Gasteiger partial charge < -0.3 is 10.6 Å². The average molecular weight is 427 g/mol. The van der Waals surface area contributed by atoms with Crippen molar-refractivity contribution >= 4 is 5.95 Å².